The Morgan fingerprint density at radius 3 is 2.28 bits per heavy atom. The molecular weight excluding hydrogens is 332 g/mol. The first-order valence-corrected chi connectivity index (χ1v) is 9.07. The Balaban J connectivity index is 1.60. The Bertz CT molecular complexity index is 825. The summed E-state index contributed by atoms with van der Waals surface area (Å²) >= 11 is 1.56. The predicted molar refractivity (Wildman–Crippen MR) is 102 cm³/mol. The monoisotopic (exact) mass is 353 g/mol. The molecule has 3 aromatic rings. The molecule has 0 saturated heterocycles. The highest BCUT2D eigenvalue weighted by molar-refractivity contribution is 7.12. The maximum absolute atomic E-state index is 5.59. The summed E-state index contributed by atoms with van der Waals surface area (Å²) in [5.41, 5.74) is 2.84. The highest BCUT2D eigenvalue weighted by Gasteiger charge is 2.07. The van der Waals surface area contributed by atoms with Crippen molar-refractivity contribution >= 4 is 33.5 Å². The van der Waals surface area contributed by atoms with Crippen molar-refractivity contribution in [3.63, 3.8) is 0 Å². The number of azo groups is 1. The number of nitrogens with one attached hydrogen (secondary N) is 1. The number of rotatable bonds is 7. The Hall–Kier alpha value is -2.73. The van der Waals surface area contributed by atoms with Crippen LogP contribution in [-0.2, 0) is 7.05 Å². The van der Waals surface area contributed by atoms with Gasteiger partial charge >= 0.3 is 5.13 Å². The molecule has 1 N–H and O–H groups in total. The number of hydrogen-bond acceptors (Lipinski definition) is 5. The highest BCUT2D eigenvalue weighted by atomic mass is 32.1. The molecule has 0 aliphatic heterocycles. The number of aromatic nitrogens is 1. The molecule has 0 bridgehead atoms. The van der Waals surface area contributed by atoms with Gasteiger partial charge in [-0.1, -0.05) is 6.92 Å². The summed E-state index contributed by atoms with van der Waals surface area (Å²) in [6, 6.07) is 15.8. The van der Waals surface area contributed by atoms with E-state index in [2.05, 4.69) is 22.5 Å². The van der Waals surface area contributed by atoms with Crippen LogP contribution in [0.4, 0.5) is 22.2 Å². The highest BCUT2D eigenvalue weighted by Crippen LogP contribution is 2.24. The van der Waals surface area contributed by atoms with Crippen LogP contribution in [0.5, 0.6) is 5.75 Å². The first-order valence-electron chi connectivity index (χ1n) is 8.19. The number of anilines is 2. The molecular formula is C19H21N4OS+. The summed E-state index contributed by atoms with van der Waals surface area (Å²) in [6.45, 7) is 2.84. The number of ether oxygens (including phenoxy) is 1. The van der Waals surface area contributed by atoms with Crippen LogP contribution in [0.15, 0.2) is 70.3 Å². The lowest BCUT2D eigenvalue weighted by molar-refractivity contribution is -0.654. The molecule has 0 amide bonds. The average molecular weight is 353 g/mol. The number of aryl methyl sites for hydroxylation is 1. The Labute approximate surface area is 151 Å². The van der Waals surface area contributed by atoms with Crippen LogP contribution >= 0.6 is 11.3 Å². The Morgan fingerprint density at radius 2 is 1.68 bits per heavy atom. The van der Waals surface area contributed by atoms with Gasteiger partial charge in [0.25, 0.3) is 0 Å². The summed E-state index contributed by atoms with van der Waals surface area (Å²) in [5, 5.41) is 14.7. The molecule has 1 heterocycles. The molecule has 0 radical (unpaired) electrons. The fourth-order valence-corrected chi connectivity index (χ4v) is 2.84. The molecule has 2 aromatic carbocycles. The maximum Gasteiger partial charge on any atom is 0.408 e. The third-order valence-corrected chi connectivity index (χ3v) is 4.33. The second-order valence-electron chi connectivity index (χ2n) is 5.54. The Morgan fingerprint density at radius 1 is 1.00 bits per heavy atom. The van der Waals surface area contributed by atoms with E-state index < -0.39 is 0 Å². The maximum atomic E-state index is 5.59. The van der Waals surface area contributed by atoms with E-state index in [0.29, 0.717) is 0 Å². The summed E-state index contributed by atoms with van der Waals surface area (Å²) in [4.78, 5) is 0. The second kappa shape index (κ2) is 8.39. The van der Waals surface area contributed by atoms with E-state index in [1.165, 1.54) is 0 Å². The molecule has 25 heavy (non-hydrogen) atoms. The summed E-state index contributed by atoms with van der Waals surface area (Å²) in [6.07, 6.45) is 2.97. The summed E-state index contributed by atoms with van der Waals surface area (Å²) < 4.78 is 7.53. The Kier molecular flexibility index (Phi) is 5.74. The molecule has 1 aromatic heterocycles. The van der Waals surface area contributed by atoms with Crippen LogP contribution in [0.25, 0.3) is 0 Å². The van der Waals surface area contributed by atoms with Gasteiger partial charge < -0.3 is 10.1 Å². The van der Waals surface area contributed by atoms with Gasteiger partial charge in [0, 0.05) is 16.8 Å². The summed E-state index contributed by atoms with van der Waals surface area (Å²) in [5.74, 6) is 0.893. The quantitative estimate of drug-likeness (QED) is 0.449. The lowest BCUT2D eigenvalue weighted by Crippen LogP contribution is -2.23. The largest absolute Gasteiger partial charge is 0.494 e. The van der Waals surface area contributed by atoms with E-state index in [1.54, 1.807) is 11.3 Å². The number of nitrogens with zero attached hydrogens (tertiary/aromatic N) is 3. The van der Waals surface area contributed by atoms with Crippen molar-refractivity contribution < 1.29 is 9.30 Å². The van der Waals surface area contributed by atoms with Crippen LogP contribution in [0, 0.1) is 0 Å². The third kappa shape index (κ3) is 4.87. The zero-order valence-corrected chi connectivity index (χ0v) is 15.2. The van der Waals surface area contributed by atoms with E-state index >= 15 is 0 Å². The van der Waals surface area contributed by atoms with Crippen LogP contribution in [0.2, 0.25) is 0 Å². The molecule has 0 fully saturated rings. The lowest BCUT2D eigenvalue weighted by atomic mass is 10.2. The average Bonchev–Trinajstić information content (AvgIpc) is 3.05. The van der Waals surface area contributed by atoms with Gasteiger partial charge in [-0.2, -0.15) is 0 Å². The SMILES string of the molecule is CCCOc1ccc(Nc2ccc(N=Nc3scc[n+]3C)cc2)cc1. The predicted octanol–water partition coefficient (Wildman–Crippen LogP) is 5.52. The molecule has 0 unspecified atom stereocenters. The molecule has 0 atom stereocenters. The van der Waals surface area contributed by atoms with Gasteiger partial charge in [0.15, 0.2) is 0 Å². The molecule has 0 spiro atoms. The fourth-order valence-electron chi connectivity index (χ4n) is 2.16. The van der Waals surface area contributed by atoms with E-state index in [-0.39, 0.29) is 0 Å². The number of benzene rings is 2. The van der Waals surface area contributed by atoms with Gasteiger partial charge in [0.2, 0.25) is 0 Å². The summed E-state index contributed by atoms with van der Waals surface area (Å²) in [7, 11) is 1.95. The van der Waals surface area contributed by atoms with Gasteiger partial charge in [0.05, 0.1) is 18.8 Å². The second-order valence-corrected chi connectivity index (χ2v) is 6.41. The normalized spacial score (nSPS) is 11.0. The minimum absolute atomic E-state index is 0.742. The van der Waals surface area contributed by atoms with Crippen LogP contribution in [-0.4, -0.2) is 6.61 Å². The number of thiazole rings is 1. The molecule has 0 aliphatic carbocycles. The third-order valence-electron chi connectivity index (χ3n) is 3.49. The minimum atomic E-state index is 0.742. The molecule has 5 nitrogen and oxygen atoms in total. The lowest BCUT2D eigenvalue weighted by Gasteiger charge is -2.08. The topological polar surface area (TPSA) is 49.9 Å². The van der Waals surface area contributed by atoms with E-state index in [9.17, 15) is 0 Å². The molecule has 0 aliphatic rings. The number of hydrogen-bond donors (Lipinski definition) is 1. The van der Waals surface area contributed by atoms with Crippen molar-refractivity contribution in [3.8, 4) is 5.75 Å². The van der Waals surface area contributed by atoms with Crippen molar-refractivity contribution in [2.45, 2.75) is 13.3 Å². The van der Waals surface area contributed by atoms with E-state index in [0.717, 1.165) is 41.0 Å². The van der Waals surface area contributed by atoms with Crippen molar-refractivity contribution in [2.24, 2.45) is 17.3 Å². The first kappa shape index (κ1) is 17.1. The molecule has 3 rings (SSSR count). The van der Waals surface area contributed by atoms with Gasteiger partial charge in [-0.25, -0.2) is 4.57 Å². The van der Waals surface area contributed by atoms with Crippen LogP contribution < -0.4 is 14.6 Å². The van der Waals surface area contributed by atoms with Gasteiger partial charge in [-0.05, 0) is 71.4 Å². The fraction of sp³-hybridized carbons (Fsp3) is 0.211. The van der Waals surface area contributed by atoms with E-state index in [1.807, 2.05) is 71.7 Å². The molecule has 128 valence electrons. The van der Waals surface area contributed by atoms with E-state index in [4.69, 9.17) is 4.74 Å². The van der Waals surface area contributed by atoms with Crippen LogP contribution in [0.3, 0.4) is 0 Å². The van der Waals surface area contributed by atoms with Crippen molar-refractivity contribution in [2.75, 3.05) is 11.9 Å². The van der Waals surface area contributed by atoms with Gasteiger partial charge in [-0.15, -0.1) is 0 Å². The van der Waals surface area contributed by atoms with Gasteiger partial charge in [-0.3, -0.25) is 0 Å². The van der Waals surface area contributed by atoms with Crippen LogP contribution in [0.1, 0.15) is 13.3 Å². The first-order chi connectivity index (χ1) is 12.2. The molecule has 6 heteroatoms. The van der Waals surface area contributed by atoms with Gasteiger partial charge in [0.1, 0.15) is 17.6 Å². The van der Waals surface area contributed by atoms with Crippen molar-refractivity contribution in [1.82, 2.24) is 0 Å². The zero-order valence-electron chi connectivity index (χ0n) is 14.3. The molecule has 0 saturated carbocycles. The minimum Gasteiger partial charge on any atom is -0.494 e. The van der Waals surface area contributed by atoms with Crippen molar-refractivity contribution in [3.05, 3.63) is 60.1 Å². The standard InChI is InChI=1S/C19H20N4OS/c1-3-13-24-18-10-8-16(9-11-18)20-15-4-6-17(7-5-15)21-22-19-23(2)12-14-25-19/h4-12,14H,3,13H2,1-2H3/p+1. The smallest absolute Gasteiger partial charge is 0.408 e. The van der Waals surface area contributed by atoms with Crippen molar-refractivity contribution in [1.29, 1.82) is 0 Å². The zero-order chi connectivity index (χ0) is 17.5.